The summed E-state index contributed by atoms with van der Waals surface area (Å²) in [5.74, 6) is 0. The molecule has 1 aromatic heterocycles. The molecule has 1 aromatic carbocycles. The summed E-state index contributed by atoms with van der Waals surface area (Å²) in [6.45, 7) is 3.78. The lowest BCUT2D eigenvalue weighted by Crippen LogP contribution is -2.17. The highest BCUT2D eigenvalue weighted by Gasteiger charge is 2.00. The molecule has 0 bridgehead atoms. The SMILES string of the molecule is COCCOCCCNCc1ccn(-c2ccccc2)n1. The molecule has 0 radical (unpaired) electrons. The van der Waals surface area contributed by atoms with Crippen LogP contribution in [-0.2, 0) is 16.0 Å². The third-order valence-electron chi connectivity index (χ3n) is 3.05. The number of aromatic nitrogens is 2. The standard InChI is InChI=1S/C16H23N3O2/c1-20-12-13-21-11-5-9-17-14-15-8-10-19(18-15)16-6-3-2-4-7-16/h2-4,6-8,10,17H,5,9,11-14H2,1H3. The first kappa shape index (κ1) is 15.7. The van der Waals surface area contributed by atoms with Gasteiger partial charge in [-0.1, -0.05) is 18.2 Å². The number of nitrogens with zero attached hydrogens (tertiary/aromatic N) is 2. The van der Waals surface area contributed by atoms with Crippen LogP contribution < -0.4 is 5.32 Å². The number of benzene rings is 1. The van der Waals surface area contributed by atoms with Crippen LogP contribution in [0.1, 0.15) is 12.1 Å². The molecule has 5 heteroatoms. The van der Waals surface area contributed by atoms with Crippen molar-refractivity contribution >= 4 is 0 Å². The molecule has 114 valence electrons. The third kappa shape index (κ3) is 5.67. The molecule has 0 aliphatic carbocycles. The van der Waals surface area contributed by atoms with Gasteiger partial charge in [0.05, 0.1) is 24.6 Å². The molecule has 0 unspecified atom stereocenters. The zero-order valence-corrected chi connectivity index (χ0v) is 12.5. The predicted molar refractivity (Wildman–Crippen MR) is 82.6 cm³/mol. The van der Waals surface area contributed by atoms with Crippen LogP contribution in [0, 0.1) is 0 Å². The molecule has 1 heterocycles. The topological polar surface area (TPSA) is 48.3 Å². The van der Waals surface area contributed by atoms with Crippen molar-refractivity contribution in [1.29, 1.82) is 0 Å². The Morgan fingerprint density at radius 1 is 1.10 bits per heavy atom. The molecule has 0 saturated heterocycles. The average Bonchev–Trinajstić information content (AvgIpc) is 3.00. The number of rotatable bonds is 10. The number of para-hydroxylation sites is 1. The van der Waals surface area contributed by atoms with Crippen LogP contribution in [0.25, 0.3) is 5.69 Å². The molecule has 21 heavy (non-hydrogen) atoms. The minimum atomic E-state index is 0.657. The van der Waals surface area contributed by atoms with Crippen LogP contribution in [0.3, 0.4) is 0 Å². The summed E-state index contributed by atoms with van der Waals surface area (Å²) < 4.78 is 12.2. The zero-order valence-electron chi connectivity index (χ0n) is 12.5. The van der Waals surface area contributed by atoms with Gasteiger partial charge in [-0.3, -0.25) is 0 Å². The largest absolute Gasteiger partial charge is 0.382 e. The van der Waals surface area contributed by atoms with Gasteiger partial charge >= 0.3 is 0 Å². The Hall–Kier alpha value is -1.69. The van der Waals surface area contributed by atoms with Gasteiger partial charge in [0.15, 0.2) is 0 Å². The normalized spacial score (nSPS) is 10.9. The predicted octanol–water partition coefficient (Wildman–Crippen LogP) is 2.01. The van der Waals surface area contributed by atoms with E-state index in [1.54, 1.807) is 7.11 Å². The average molecular weight is 289 g/mol. The van der Waals surface area contributed by atoms with Crippen molar-refractivity contribution in [3.05, 3.63) is 48.3 Å². The van der Waals surface area contributed by atoms with Gasteiger partial charge in [-0.25, -0.2) is 4.68 Å². The van der Waals surface area contributed by atoms with E-state index in [1.165, 1.54) is 0 Å². The molecule has 2 aromatic rings. The molecule has 0 spiro atoms. The van der Waals surface area contributed by atoms with E-state index < -0.39 is 0 Å². The monoisotopic (exact) mass is 289 g/mol. The van der Waals surface area contributed by atoms with E-state index in [1.807, 2.05) is 47.3 Å². The summed E-state index contributed by atoms with van der Waals surface area (Å²) in [6.07, 6.45) is 2.98. The van der Waals surface area contributed by atoms with Crippen LogP contribution in [-0.4, -0.2) is 43.3 Å². The van der Waals surface area contributed by atoms with Gasteiger partial charge in [0.25, 0.3) is 0 Å². The minimum absolute atomic E-state index is 0.657. The van der Waals surface area contributed by atoms with Crippen LogP contribution in [0.2, 0.25) is 0 Å². The summed E-state index contributed by atoms with van der Waals surface area (Å²) in [7, 11) is 1.68. The van der Waals surface area contributed by atoms with Crippen molar-refractivity contribution in [2.45, 2.75) is 13.0 Å². The number of ether oxygens (including phenoxy) is 2. The van der Waals surface area contributed by atoms with Crippen LogP contribution in [0.4, 0.5) is 0 Å². The fourth-order valence-electron chi connectivity index (χ4n) is 1.94. The summed E-state index contributed by atoms with van der Waals surface area (Å²) in [5, 5.41) is 7.92. The highest BCUT2D eigenvalue weighted by molar-refractivity contribution is 5.30. The van der Waals surface area contributed by atoms with Gasteiger partial charge in [-0.2, -0.15) is 5.10 Å². The van der Waals surface area contributed by atoms with Crippen molar-refractivity contribution < 1.29 is 9.47 Å². The Kier molecular flexibility index (Phi) is 6.94. The van der Waals surface area contributed by atoms with Gasteiger partial charge in [0, 0.05) is 26.5 Å². The lowest BCUT2D eigenvalue weighted by atomic mass is 10.3. The van der Waals surface area contributed by atoms with Gasteiger partial charge in [0.1, 0.15) is 0 Å². The molecule has 5 nitrogen and oxygen atoms in total. The first-order valence-electron chi connectivity index (χ1n) is 7.27. The number of hydrogen-bond acceptors (Lipinski definition) is 4. The van der Waals surface area contributed by atoms with Gasteiger partial charge in [-0.05, 0) is 31.2 Å². The highest BCUT2D eigenvalue weighted by Crippen LogP contribution is 2.06. The molecule has 1 N–H and O–H groups in total. The molecule has 0 aliphatic heterocycles. The maximum atomic E-state index is 5.40. The second-order valence-corrected chi connectivity index (χ2v) is 4.72. The van der Waals surface area contributed by atoms with E-state index >= 15 is 0 Å². The lowest BCUT2D eigenvalue weighted by Gasteiger charge is -2.04. The molecule has 0 fully saturated rings. The van der Waals surface area contributed by atoms with Crippen molar-refractivity contribution in [3.8, 4) is 5.69 Å². The van der Waals surface area contributed by atoms with Crippen LogP contribution in [0.5, 0.6) is 0 Å². The quantitative estimate of drug-likeness (QED) is 0.680. The fraction of sp³-hybridized carbons (Fsp3) is 0.438. The van der Waals surface area contributed by atoms with Crippen LogP contribution in [0.15, 0.2) is 42.6 Å². The first-order valence-corrected chi connectivity index (χ1v) is 7.27. The van der Waals surface area contributed by atoms with Crippen molar-refractivity contribution in [3.63, 3.8) is 0 Å². The van der Waals surface area contributed by atoms with E-state index in [9.17, 15) is 0 Å². The smallest absolute Gasteiger partial charge is 0.0766 e. The summed E-state index contributed by atoms with van der Waals surface area (Å²) in [6, 6.07) is 12.2. The maximum Gasteiger partial charge on any atom is 0.0766 e. The van der Waals surface area contributed by atoms with Crippen molar-refractivity contribution in [1.82, 2.24) is 15.1 Å². The van der Waals surface area contributed by atoms with Gasteiger partial charge in [-0.15, -0.1) is 0 Å². The summed E-state index contributed by atoms with van der Waals surface area (Å²) >= 11 is 0. The van der Waals surface area contributed by atoms with E-state index in [0.29, 0.717) is 13.2 Å². The Balaban J connectivity index is 1.63. The van der Waals surface area contributed by atoms with E-state index in [2.05, 4.69) is 10.4 Å². The number of nitrogens with one attached hydrogen (secondary N) is 1. The molecule has 0 saturated carbocycles. The van der Waals surface area contributed by atoms with E-state index in [-0.39, 0.29) is 0 Å². The third-order valence-corrected chi connectivity index (χ3v) is 3.05. The zero-order chi connectivity index (χ0) is 14.8. The Labute approximate surface area is 125 Å². The molecule has 0 aliphatic rings. The molecular formula is C16H23N3O2. The summed E-state index contributed by atoms with van der Waals surface area (Å²) in [4.78, 5) is 0. The Bertz CT molecular complexity index is 499. The van der Waals surface area contributed by atoms with Gasteiger partial charge < -0.3 is 14.8 Å². The van der Waals surface area contributed by atoms with E-state index in [0.717, 1.165) is 37.5 Å². The van der Waals surface area contributed by atoms with Crippen molar-refractivity contribution in [2.75, 3.05) is 33.5 Å². The Morgan fingerprint density at radius 3 is 2.76 bits per heavy atom. The van der Waals surface area contributed by atoms with Crippen molar-refractivity contribution in [2.24, 2.45) is 0 Å². The number of methoxy groups -OCH3 is 1. The van der Waals surface area contributed by atoms with Gasteiger partial charge in [0.2, 0.25) is 0 Å². The second-order valence-electron chi connectivity index (χ2n) is 4.72. The van der Waals surface area contributed by atoms with Crippen LogP contribution >= 0.6 is 0 Å². The maximum absolute atomic E-state index is 5.40. The second kappa shape index (κ2) is 9.28. The molecular weight excluding hydrogens is 266 g/mol. The molecule has 0 amide bonds. The van der Waals surface area contributed by atoms with E-state index in [4.69, 9.17) is 9.47 Å². The first-order chi connectivity index (χ1) is 10.4. The molecule has 2 rings (SSSR count). The number of hydrogen-bond donors (Lipinski definition) is 1. The summed E-state index contributed by atoms with van der Waals surface area (Å²) in [5.41, 5.74) is 2.12. The minimum Gasteiger partial charge on any atom is -0.382 e. The lowest BCUT2D eigenvalue weighted by molar-refractivity contribution is 0.0694. The Morgan fingerprint density at radius 2 is 1.95 bits per heavy atom. The fourth-order valence-corrected chi connectivity index (χ4v) is 1.94. The molecule has 0 atom stereocenters. The highest BCUT2D eigenvalue weighted by atomic mass is 16.5.